The number of carbonyl (C=O) groups is 2. The zero-order chi connectivity index (χ0) is 16.7. The highest BCUT2D eigenvalue weighted by Crippen LogP contribution is 2.33. The van der Waals surface area contributed by atoms with Gasteiger partial charge < -0.3 is 9.47 Å². The summed E-state index contributed by atoms with van der Waals surface area (Å²) >= 11 is 0. The smallest absolute Gasteiger partial charge is 0.336 e. The van der Waals surface area contributed by atoms with Crippen molar-refractivity contribution >= 4 is 11.9 Å². The van der Waals surface area contributed by atoms with Crippen LogP contribution in [0.15, 0.2) is 48.8 Å². The number of aromatic nitrogens is 2. The number of esters is 2. The van der Waals surface area contributed by atoms with Gasteiger partial charge in [0.1, 0.15) is 0 Å². The van der Waals surface area contributed by atoms with Gasteiger partial charge in [-0.25, -0.2) is 9.59 Å². The van der Waals surface area contributed by atoms with Crippen molar-refractivity contribution in [2.24, 2.45) is 0 Å². The Morgan fingerprint density at radius 1 is 0.870 bits per heavy atom. The van der Waals surface area contributed by atoms with Crippen molar-refractivity contribution in [2.45, 2.75) is 19.3 Å². The molecular weight excluding hydrogens is 296 g/mol. The molecule has 23 heavy (non-hydrogen) atoms. The summed E-state index contributed by atoms with van der Waals surface area (Å²) in [7, 11) is 0. The molecule has 6 nitrogen and oxygen atoms in total. The van der Waals surface area contributed by atoms with Gasteiger partial charge in [-0.3, -0.25) is 9.97 Å². The molecular formula is C17H18N2O4. The lowest BCUT2D eigenvalue weighted by molar-refractivity contribution is -0.162. The van der Waals surface area contributed by atoms with E-state index in [0.717, 1.165) is 0 Å². The SMILES string of the molecule is CCOC(=O)C(C(=O)OCC)(c1ccccn1)c1ccccn1. The van der Waals surface area contributed by atoms with Crippen molar-refractivity contribution in [3.63, 3.8) is 0 Å². The lowest BCUT2D eigenvalue weighted by Gasteiger charge is -2.28. The summed E-state index contributed by atoms with van der Waals surface area (Å²) < 4.78 is 10.3. The molecule has 0 aromatic carbocycles. The monoisotopic (exact) mass is 314 g/mol. The van der Waals surface area contributed by atoms with Crippen LogP contribution in [-0.4, -0.2) is 35.1 Å². The van der Waals surface area contributed by atoms with Crippen molar-refractivity contribution in [1.82, 2.24) is 9.97 Å². The summed E-state index contributed by atoms with van der Waals surface area (Å²) in [6.07, 6.45) is 3.01. The first-order valence-corrected chi connectivity index (χ1v) is 7.35. The van der Waals surface area contributed by atoms with E-state index in [2.05, 4.69) is 9.97 Å². The first-order chi connectivity index (χ1) is 11.2. The molecule has 6 heteroatoms. The van der Waals surface area contributed by atoms with E-state index in [1.54, 1.807) is 50.2 Å². The lowest BCUT2D eigenvalue weighted by Crippen LogP contribution is -2.48. The highest BCUT2D eigenvalue weighted by Gasteiger charge is 2.54. The maximum Gasteiger partial charge on any atom is 0.336 e. The summed E-state index contributed by atoms with van der Waals surface area (Å²) in [6.45, 7) is 3.59. The number of carbonyl (C=O) groups excluding carboxylic acids is 2. The second-order valence-corrected chi connectivity index (χ2v) is 4.62. The van der Waals surface area contributed by atoms with Gasteiger partial charge in [-0.05, 0) is 38.1 Å². The molecule has 2 rings (SSSR count). The molecule has 0 N–H and O–H groups in total. The van der Waals surface area contributed by atoms with Crippen LogP contribution in [0.4, 0.5) is 0 Å². The number of hydrogen-bond donors (Lipinski definition) is 0. The van der Waals surface area contributed by atoms with Crippen LogP contribution in [0.2, 0.25) is 0 Å². The van der Waals surface area contributed by atoms with Gasteiger partial charge in [-0.2, -0.15) is 0 Å². The Balaban J connectivity index is 2.73. The second kappa shape index (κ2) is 7.49. The van der Waals surface area contributed by atoms with E-state index in [1.165, 1.54) is 12.4 Å². The predicted molar refractivity (Wildman–Crippen MR) is 82.5 cm³/mol. The fraction of sp³-hybridized carbons (Fsp3) is 0.294. The molecule has 2 aromatic rings. The van der Waals surface area contributed by atoms with Crippen LogP contribution in [0.1, 0.15) is 25.2 Å². The number of nitrogens with zero attached hydrogens (tertiary/aromatic N) is 2. The Bertz CT molecular complexity index is 599. The van der Waals surface area contributed by atoms with Gasteiger partial charge in [-0.1, -0.05) is 12.1 Å². The summed E-state index contributed by atoms with van der Waals surface area (Å²) in [6, 6.07) is 9.95. The van der Waals surface area contributed by atoms with Gasteiger partial charge in [0.15, 0.2) is 0 Å². The fourth-order valence-corrected chi connectivity index (χ4v) is 2.28. The Labute approximate surface area is 134 Å². The normalized spacial score (nSPS) is 10.9. The predicted octanol–water partition coefficient (Wildman–Crippen LogP) is 1.89. The first kappa shape index (κ1) is 16.6. The zero-order valence-electron chi connectivity index (χ0n) is 13.1. The van der Waals surface area contributed by atoms with Gasteiger partial charge >= 0.3 is 11.9 Å². The molecule has 0 aliphatic carbocycles. The zero-order valence-corrected chi connectivity index (χ0v) is 13.1. The largest absolute Gasteiger partial charge is 0.465 e. The minimum Gasteiger partial charge on any atom is -0.465 e. The second-order valence-electron chi connectivity index (χ2n) is 4.62. The number of pyridine rings is 2. The van der Waals surface area contributed by atoms with Crippen LogP contribution in [0.5, 0.6) is 0 Å². The van der Waals surface area contributed by atoms with Crippen LogP contribution in [-0.2, 0) is 24.5 Å². The summed E-state index contributed by atoms with van der Waals surface area (Å²) in [5.74, 6) is -1.51. The Morgan fingerprint density at radius 3 is 1.61 bits per heavy atom. The number of hydrogen-bond acceptors (Lipinski definition) is 6. The summed E-state index contributed by atoms with van der Waals surface area (Å²) in [5.41, 5.74) is -1.40. The first-order valence-electron chi connectivity index (χ1n) is 7.35. The van der Waals surface area contributed by atoms with E-state index in [4.69, 9.17) is 9.47 Å². The van der Waals surface area contributed by atoms with E-state index in [1.807, 2.05) is 0 Å². The van der Waals surface area contributed by atoms with Crippen LogP contribution in [0, 0.1) is 0 Å². The quantitative estimate of drug-likeness (QED) is 0.598. The van der Waals surface area contributed by atoms with Crippen molar-refractivity contribution in [3.05, 3.63) is 60.2 Å². The number of ether oxygens (including phenoxy) is 2. The van der Waals surface area contributed by atoms with E-state index in [0.29, 0.717) is 0 Å². The van der Waals surface area contributed by atoms with Gasteiger partial charge in [0.25, 0.3) is 0 Å². The van der Waals surface area contributed by atoms with Crippen molar-refractivity contribution in [3.8, 4) is 0 Å². The average molecular weight is 314 g/mol. The third-order valence-electron chi connectivity index (χ3n) is 3.26. The molecule has 0 spiro atoms. The molecule has 0 aliphatic rings. The average Bonchev–Trinajstić information content (AvgIpc) is 2.58. The van der Waals surface area contributed by atoms with Gasteiger partial charge in [0.05, 0.1) is 24.6 Å². The fourth-order valence-electron chi connectivity index (χ4n) is 2.28. The minimum atomic E-state index is -1.84. The van der Waals surface area contributed by atoms with Crippen molar-refractivity contribution < 1.29 is 19.1 Å². The molecule has 0 bridgehead atoms. The lowest BCUT2D eigenvalue weighted by atomic mass is 9.80. The van der Waals surface area contributed by atoms with Crippen LogP contribution >= 0.6 is 0 Å². The van der Waals surface area contributed by atoms with Crippen LogP contribution in [0.3, 0.4) is 0 Å². The van der Waals surface area contributed by atoms with E-state index < -0.39 is 17.4 Å². The van der Waals surface area contributed by atoms with Gasteiger partial charge in [-0.15, -0.1) is 0 Å². The Morgan fingerprint density at radius 2 is 1.30 bits per heavy atom. The molecule has 0 atom stereocenters. The van der Waals surface area contributed by atoms with Crippen molar-refractivity contribution in [2.75, 3.05) is 13.2 Å². The third-order valence-corrected chi connectivity index (χ3v) is 3.26. The highest BCUT2D eigenvalue weighted by atomic mass is 16.6. The molecule has 0 saturated heterocycles. The van der Waals surface area contributed by atoms with Crippen LogP contribution < -0.4 is 0 Å². The number of rotatable bonds is 6. The molecule has 0 radical (unpaired) electrons. The molecule has 0 fully saturated rings. The molecule has 0 saturated carbocycles. The highest BCUT2D eigenvalue weighted by molar-refractivity contribution is 6.09. The van der Waals surface area contributed by atoms with Gasteiger partial charge in [0.2, 0.25) is 5.41 Å². The standard InChI is InChI=1S/C17H18N2O4/c1-3-22-15(20)17(16(21)23-4-2,13-9-5-7-11-18-13)14-10-6-8-12-19-14/h5-12H,3-4H2,1-2H3. The van der Waals surface area contributed by atoms with Crippen LogP contribution in [0.25, 0.3) is 0 Å². The van der Waals surface area contributed by atoms with E-state index in [-0.39, 0.29) is 24.6 Å². The third kappa shape index (κ3) is 3.06. The van der Waals surface area contributed by atoms with Crippen molar-refractivity contribution in [1.29, 1.82) is 0 Å². The summed E-state index contributed by atoms with van der Waals surface area (Å²) in [5, 5.41) is 0. The molecule has 0 aliphatic heterocycles. The molecule has 120 valence electrons. The Hall–Kier alpha value is -2.76. The topological polar surface area (TPSA) is 78.4 Å². The molecule has 0 amide bonds. The molecule has 0 unspecified atom stereocenters. The maximum atomic E-state index is 12.8. The van der Waals surface area contributed by atoms with E-state index in [9.17, 15) is 9.59 Å². The molecule has 2 heterocycles. The Kier molecular flexibility index (Phi) is 5.41. The maximum absolute atomic E-state index is 12.8. The van der Waals surface area contributed by atoms with Gasteiger partial charge in [0, 0.05) is 12.4 Å². The van der Waals surface area contributed by atoms with E-state index >= 15 is 0 Å². The molecule has 2 aromatic heterocycles. The minimum absolute atomic E-state index is 0.125. The summed E-state index contributed by atoms with van der Waals surface area (Å²) in [4.78, 5) is 33.9.